The zero-order valence-corrected chi connectivity index (χ0v) is 13.4. The lowest BCUT2D eigenvalue weighted by molar-refractivity contribution is -0.384. The molecule has 0 saturated heterocycles. The molecule has 1 unspecified atom stereocenters. The summed E-state index contributed by atoms with van der Waals surface area (Å²) in [5.74, 6) is -0.969. The minimum atomic E-state index is -0.623. The number of hydrogen-bond acceptors (Lipinski definition) is 6. The molecule has 1 aromatic carbocycles. The minimum absolute atomic E-state index is 0.0556. The van der Waals surface area contributed by atoms with Crippen LogP contribution in [0.1, 0.15) is 36.2 Å². The smallest absolute Gasteiger partial charge is 0.306 e. The molecule has 8 nitrogen and oxygen atoms in total. The zero-order chi connectivity index (χ0) is 17.6. The van der Waals surface area contributed by atoms with Gasteiger partial charge in [0.1, 0.15) is 5.69 Å². The molecule has 0 bridgehead atoms. The minimum Gasteiger partial charge on any atom is -0.466 e. The maximum absolute atomic E-state index is 12.2. The fourth-order valence-corrected chi connectivity index (χ4v) is 2.06. The van der Waals surface area contributed by atoms with Crippen LogP contribution in [0.2, 0.25) is 0 Å². The molecular formula is C15H21N3O5. The van der Waals surface area contributed by atoms with Gasteiger partial charge in [0, 0.05) is 19.0 Å². The Morgan fingerprint density at radius 3 is 2.65 bits per heavy atom. The quantitative estimate of drug-likeness (QED) is 0.341. The summed E-state index contributed by atoms with van der Waals surface area (Å²) in [6, 6.07) is 2.81. The highest BCUT2D eigenvalue weighted by Gasteiger charge is 2.21. The first-order valence-corrected chi connectivity index (χ1v) is 7.24. The number of carbonyl (C=O) groups excluding carboxylic acids is 2. The number of aryl methyl sites for hydroxylation is 1. The Morgan fingerprint density at radius 1 is 1.43 bits per heavy atom. The van der Waals surface area contributed by atoms with E-state index in [0.717, 1.165) is 0 Å². The summed E-state index contributed by atoms with van der Waals surface area (Å²) in [4.78, 5) is 33.9. The average molecular weight is 323 g/mol. The number of nitrogens with two attached hydrogens (primary N) is 1. The van der Waals surface area contributed by atoms with Crippen LogP contribution in [-0.4, -0.2) is 30.0 Å². The molecule has 0 aliphatic heterocycles. The Bertz CT molecular complexity index is 615. The second-order valence-corrected chi connectivity index (χ2v) is 5.33. The number of ether oxygens (including phenoxy) is 1. The number of nitrogen functional groups attached to an aromatic ring is 1. The van der Waals surface area contributed by atoms with Crippen molar-refractivity contribution in [2.45, 2.75) is 27.2 Å². The predicted octanol–water partition coefficient (Wildman–Crippen LogP) is 1.80. The average Bonchev–Trinajstić information content (AvgIpc) is 2.46. The van der Waals surface area contributed by atoms with E-state index in [4.69, 9.17) is 10.5 Å². The first-order chi connectivity index (χ1) is 10.8. The van der Waals surface area contributed by atoms with E-state index in [0.29, 0.717) is 12.2 Å². The molecule has 0 saturated carbocycles. The van der Waals surface area contributed by atoms with E-state index in [1.165, 1.54) is 12.1 Å². The van der Waals surface area contributed by atoms with Crippen LogP contribution in [0.4, 0.5) is 11.4 Å². The van der Waals surface area contributed by atoms with Gasteiger partial charge in [0.15, 0.2) is 0 Å². The molecule has 0 fully saturated rings. The van der Waals surface area contributed by atoms with Crippen molar-refractivity contribution < 1.29 is 19.2 Å². The first kappa shape index (κ1) is 18.4. The van der Waals surface area contributed by atoms with Gasteiger partial charge in [0.25, 0.3) is 11.6 Å². The van der Waals surface area contributed by atoms with Crippen molar-refractivity contribution in [3.8, 4) is 0 Å². The molecular weight excluding hydrogens is 302 g/mol. The molecule has 0 heterocycles. The van der Waals surface area contributed by atoms with E-state index in [1.807, 2.05) is 0 Å². The van der Waals surface area contributed by atoms with Crippen LogP contribution in [0, 0.1) is 23.0 Å². The monoisotopic (exact) mass is 323 g/mol. The van der Waals surface area contributed by atoms with Crippen LogP contribution in [0.25, 0.3) is 0 Å². The fraction of sp³-hybridized carbons (Fsp3) is 0.467. The summed E-state index contributed by atoms with van der Waals surface area (Å²) < 4.78 is 4.83. The van der Waals surface area contributed by atoms with Crippen molar-refractivity contribution in [2.75, 3.05) is 18.9 Å². The molecule has 0 aliphatic rings. The first-order valence-electron chi connectivity index (χ1n) is 7.24. The molecule has 0 aromatic heterocycles. The van der Waals surface area contributed by atoms with Crippen molar-refractivity contribution in [3.05, 3.63) is 33.4 Å². The van der Waals surface area contributed by atoms with E-state index in [9.17, 15) is 19.7 Å². The number of nitro benzene ring substituents is 1. The molecule has 0 spiro atoms. The third-order valence-corrected chi connectivity index (χ3v) is 3.18. The van der Waals surface area contributed by atoms with E-state index in [-0.39, 0.29) is 41.8 Å². The summed E-state index contributed by atoms with van der Waals surface area (Å²) in [5.41, 5.74) is 5.86. The maximum atomic E-state index is 12.2. The molecule has 0 radical (unpaired) electrons. The van der Waals surface area contributed by atoms with Crippen LogP contribution in [0.15, 0.2) is 12.1 Å². The highest BCUT2D eigenvalue weighted by Crippen LogP contribution is 2.27. The van der Waals surface area contributed by atoms with E-state index >= 15 is 0 Å². The standard InChI is InChI=1S/C15H21N3O5/c1-4-23-13(19)7-10(3)8-17-15(20)11-5-9(2)6-12(14(11)16)18(21)22/h5-6,10H,4,7-8,16H2,1-3H3,(H,17,20). The molecule has 8 heteroatoms. The number of rotatable bonds is 7. The highest BCUT2D eigenvalue weighted by molar-refractivity contribution is 6.01. The van der Waals surface area contributed by atoms with Crippen molar-refractivity contribution in [1.82, 2.24) is 5.32 Å². The van der Waals surface area contributed by atoms with Gasteiger partial charge in [-0.05, 0) is 31.4 Å². The largest absolute Gasteiger partial charge is 0.466 e. The van der Waals surface area contributed by atoms with E-state index in [1.54, 1.807) is 20.8 Å². The Kier molecular flexibility index (Phi) is 6.49. The van der Waals surface area contributed by atoms with Gasteiger partial charge in [-0.3, -0.25) is 19.7 Å². The third-order valence-electron chi connectivity index (χ3n) is 3.18. The summed E-state index contributed by atoms with van der Waals surface area (Å²) in [5, 5.41) is 13.6. The molecule has 3 N–H and O–H groups in total. The second-order valence-electron chi connectivity index (χ2n) is 5.33. The lowest BCUT2D eigenvalue weighted by Gasteiger charge is -2.13. The van der Waals surface area contributed by atoms with Crippen molar-refractivity contribution >= 4 is 23.3 Å². The summed E-state index contributed by atoms with van der Waals surface area (Å²) in [6.45, 7) is 5.70. The molecule has 1 atom stereocenters. The van der Waals surface area contributed by atoms with Gasteiger partial charge in [-0.25, -0.2) is 0 Å². The van der Waals surface area contributed by atoms with Gasteiger partial charge in [0.05, 0.1) is 17.1 Å². The number of carbonyl (C=O) groups is 2. The van der Waals surface area contributed by atoms with Gasteiger partial charge in [0.2, 0.25) is 0 Å². The lowest BCUT2D eigenvalue weighted by atomic mass is 10.1. The van der Waals surface area contributed by atoms with Gasteiger partial charge in [-0.2, -0.15) is 0 Å². The lowest BCUT2D eigenvalue weighted by Crippen LogP contribution is -2.30. The van der Waals surface area contributed by atoms with Gasteiger partial charge in [-0.1, -0.05) is 6.92 Å². The van der Waals surface area contributed by atoms with E-state index in [2.05, 4.69) is 5.32 Å². The number of hydrogen-bond donors (Lipinski definition) is 2. The van der Waals surface area contributed by atoms with Gasteiger partial charge < -0.3 is 15.8 Å². The molecule has 1 amide bonds. The van der Waals surface area contributed by atoms with Gasteiger partial charge in [-0.15, -0.1) is 0 Å². The normalized spacial score (nSPS) is 11.6. The number of benzene rings is 1. The Balaban J connectivity index is 2.75. The molecule has 0 aliphatic carbocycles. The zero-order valence-electron chi connectivity index (χ0n) is 13.4. The molecule has 1 aromatic rings. The molecule has 1 rings (SSSR count). The predicted molar refractivity (Wildman–Crippen MR) is 85.0 cm³/mol. The Labute approximate surface area is 134 Å². The number of esters is 1. The number of nitro groups is 1. The summed E-state index contributed by atoms with van der Waals surface area (Å²) >= 11 is 0. The molecule has 23 heavy (non-hydrogen) atoms. The fourth-order valence-electron chi connectivity index (χ4n) is 2.06. The molecule has 126 valence electrons. The Hall–Kier alpha value is -2.64. The van der Waals surface area contributed by atoms with Crippen LogP contribution < -0.4 is 11.1 Å². The van der Waals surface area contributed by atoms with Crippen molar-refractivity contribution in [1.29, 1.82) is 0 Å². The van der Waals surface area contributed by atoms with Crippen LogP contribution in [0.5, 0.6) is 0 Å². The van der Waals surface area contributed by atoms with E-state index < -0.39 is 10.8 Å². The number of nitrogens with one attached hydrogen (secondary N) is 1. The van der Waals surface area contributed by atoms with Crippen LogP contribution >= 0.6 is 0 Å². The number of nitrogens with zero attached hydrogens (tertiary/aromatic N) is 1. The number of anilines is 1. The SMILES string of the molecule is CCOC(=O)CC(C)CNC(=O)c1cc(C)cc([N+](=O)[O-])c1N. The summed E-state index contributed by atoms with van der Waals surface area (Å²) in [7, 11) is 0. The summed E-state index contributed by atoms with van der Waals surface area (Å²) in [6.07, 6.45) is 0.178. The highest BCUT2D eigenvalue weighted by atomic mass is 16.6. The maximum Gasteiger partial charge on any atom is 0.306 e. The van der Waals surface area contributed by atoms with Crippen molar-refractivity contribution in [3.63, 3.8) is 0 Å². The van der Waals surface area contributed by atoms with Crippen LogP contribution in [0.3, 0.4) is 0 Å². The number of amides is 1. The van der Waals surface area contributed by atoms with Crippen LogP contribution in [-0.2, 0) is 9.53 Å². The van der Waals surface area contributed by atoms with Crippen molar-refractivity contribution in [2.24, 2.45) is 5.92 Å². The van der Waals surface area contributed by atoms with Gasteiger partial charge >= 0.3 is 5.97 Å². The third kappa shape index (κ3) is 5.24. The topological polar surface area (TPSA) is 125 Å². The Morgan fingerprint density at radius 2 is 2.09 bits per heavy atom. The second kappa shape index (κ2) is 8.11.